The minimum absolute atomic E-state index is 0. The molecule has 0 aliphatic carbocycles. The average Bonchev–Trinajstić information content (AvgIpc) is 2.88. The number of benzene rings is 3. The van der Waals surface area contributed by atoms with E-state index < -0.39 is 11.8 Å². The third-order valence-corrected chi connectivity index (χ3v) is 5.73. The van der Waals surface area contributed by atoms with Crippen molar-refractivity contribution in [2.24, 2.45) is 0 Å². The van der Waals surface area contributed by atoms with Gasteiger partial charge in [0.15, 0.2) is 5.78 Å². The summed E-state index contributed by atoms with van der Waals surface area (Å²) < 4.78 is 15.9. The Morgan fingerprint density at radius 3 is 1.89 bits per heavy atom. The Morgan fingerprint density at radius 2 is 1.42 bits per heavy atom. The summed E-state index contributed by atoms with van der Waals surface area (Å²) in [6.07, 6.45) is -0.00685. The minimum atomic E-state index is -1.52. The molecular weight excluding hydrogens is 513 g/mol. The molecule has 0 unspecified atom stereocenters. The van der Waals surface area contributed by atoms with Crippen LogP contribution in [0.5, 0.6) is 17.2 Å². The van der Waals surface area contributed by atoms with E-state index in [0.29, 0.717) is 34.1 Å². The van der Waals surface area contributed by atoms with Gasteiger partial charge in [-0.2, -0.15) is 0 Å². The Bertz CT molecular complexity index is 1340. The Morgan fingerprint density at radius 1 is 0.816 bits per heavy atom. The summed E-state index contributed by atoms with van der Waals surface area (Å²) in [6.45, 7) is 3.20. The zero-order chi connectivity index (χ0) is 27.1. The summed E-state index contributed by atoms with van der Waals surface area (Å²) in [6, 6.07) is 16.3. The molecule has 38 heavy (non-hydrogen) atoms. The first-order chi connectivity index (χ1) is 17.7. The number of carbonyl (C=O) groups is 3. The van der Waals surface area contributed by atoms with Crippen LogP contribution in [0.3, 0.4) is 0 Å². The van der Waals surface area contributed by atoms with Gasteiger partial charge in [-0.05, 0) is 66.1 Å². The first-order valence-corrected chi connectivity index (χ1v) is 11.4. The predicted molar refractivity (Wildman–Crippen MR) is 138 cm³/mol. The van der Waals surface area contributed by atoms with E-state index in [1.165, 1.54) is 40.4 Å². The van der Waals surface area contributed by atoms with Crippen molar-refractivity contribution in [1.29, 1.82) is 0 Å². The zero-order valence-electron chi connectivity index (χ0n) is 22.3. The number of amides is 1. The minimum Gasteiger partial charge on any atom is -0.545 e. The largest absolute Gasteiger partial charge is 1.00 e. The normalized spacial score (nSPS) is 11.0. The van der Waals surface area contributed by atoms with Crippen LogP contribution in [0, 0.1) is 6.92 Å². The molecule has 8 nitrogen and oxygen atoms in total. The second-order valence-electron chi connectivity index (χ2n) is 8.31. The van der Waals surface area contributed by atoms with Crippen molar-refractivity contribution in [1.82, 2.24) is 0 Å². The van der Waals surface area contributed by atoms with Gasteiger partial charge in [0, 0.05) is 41.8 Å². The van der Waals surface area contributed by atoms with Crippen LogP contribution < -0.4 is 76.0 Å². The number of carbonyl (C=O) groups excluding carboxylic acids is 3. The van der Waals surface area contributed by atoms with E-state index in [2.05, 4.69) is 5.32 Å². The summed E-state index contributed by atoms with van der Waals surface area (Å²) in [5.41, 5.74) is 2.23. The van der Waals surface area contributed by atoms with Gasteiger partial charge >= 0.3 is 51.4 Å². The summed E-state index contributed by atoms with van der Waals surface area (Å²) in [4.78, 5) is 37.7. The van der Waals surface area contributed by atoms with Crippen LogP contribution in [0.15, 0.2) is 66.2 Å². The van der Waals surface area contributed by atoms with Gasteiger partial charge < -0.3 is 29.4 Å². The number of Topliss-reactive ketones (excluding diaryl/α,β-unsaturated/α-hetero) is 1. The zero-order valence-corrected chi connectivity index (χ0v) is 25.5. The van der Waals surface area contributed by atoms with E-state index in [0.717, 1.165) is 5.56 Å². The van der Waals surface area contributed by atoms with Crippen LogP contribution >= 0.6 is 0 Å². The SMILES string of the molecule is COc1cc(OC)cc(C(C(=O)[O-])=C(Cc2ccc(NC(C)=O)cc2)C(=O)c2ccc(OC)c(C)c2)c1.[K+]. The quantitative estimate of drug-likeness (QED) is 0.227. The number of hydrogen-bond donors (Lipinski definition) is 1. The van der Waals surface area contributed by atoms with E-state index in [1.807, 2.05) is 0 Å². The third kappa shape index (κ3) is 7.78. The number of ketones is 1. The fourth-order valence-corrected chi connectivity index (χ4v) is 3.96. The summed E-state index contributed by atoms with van der Waals surface area (Å²) >= 11 is 0. The van der Waals surface area contributed by atoms with Gasteiger partial charge in [0.05, 0.1) is 27.3 Å². The van der Waals surface area contributed by atoms with Crippen molar-refractivity contribution in [2.45, 2.75) is 20.3 Å². The van der Waals surface area contributed by atoms with Gasteiger partial charge in [-0.25, -0.2) is 0 Å². The standard InChI is InChI=1S/C29H29NO7.K/c1-17-12-20(8-11-26(17)37-5)28(32)25(13-19-6-9-22(10-7-19)30-18(2)31)27(29(33)34)21-14-23(35-3)16-24(15-21)36-4;/h6-12,14-16H,13H2,1-5H3,(H,30,31)(H,33,34);/q;+1/p-1. The number of methoxy groups -OCH3 is 3. The number of aryl methyl sites for hydroxylation is 1. The van der Waals surface area contributed by atoms with Crippen LogP contribution in [0.25, 0.3) is 5.57 Å². The number of hydrogen-bond acceptors (Lipinski definition) is 7. The van der Waals surface area contributed by atoms with Gasteiger partial charge in [0.2, 0.25) is 5.91 Å². The molecule has 0 fully saturated rings. The van der Waals surface area contributed by atoms with Crippen molar-refractivity contribution in [3.05, 3.63) is 88.5 Å². The topological polar surface area (TPSA) is 114 Å². The third-order valence-electron chi connectivity index (χ3n) is 5.73. The van der Waals surface area contributed by atoms with Crippen LogP contribution in [0.2, 0.25) is 0 Å². The Kier molecular flexibility index (Phi) is 11.7. The first kappa shape index (κ1) is 31.3. The number of carboxylic acid groups (broad SMARTS) is 1. The van der Waals surface area contributed by atoms with Crippen molar-refractivity contribution >= 4 is 28.9 Å². The number of nitrogens with one attached hydrogen (secondary N) is 1. The molecule has 1 amide bonds. The van der Waals surface area contributed by atoms with Crippen molar-refractivity contribution in [3.63, 3.8) is 0 Å². The number of aliphatic carboxylic acids is 1. The molecule has 0 atom stereocenters. The molecule has 9 heteroatoms. The second kappa shape index (κ2) is 14.3. The molecule has 0 aromatic heterocycles. The van der Waals surface area contributed by atoms with E-state index >= 15 is 0 Å². The van der Waals surface area contributed by atoms with Crippen LogP contribution in [0.1, 0.15) is 34.0 Å². The molecule has 0 aliphatic rings. The monoisotopic (exact) mass is 541 g/mol. The Hall–Kier alpha value is -2.95. The molecular formula is C29H28KNO7. The van der Waals surface area contributed by atoms with Crippen molar-refractivity contribution < 1.29 is 85.1 Å². The summed E-state index contributed by atoms with van der Waals surface area (Å²) in [5.74, 6) is -0.881. The van der Waals surface area contributed by atoms with E-state index in [1.54, 1.807) is 55.5 Å². The molecule has 3 rings (SSSR count). The van der Waals surface area contributed by atoms with E-state index in [4.69, 9.17) is 14.2 Å². The maximum atomic E-state index is 13.8. The van der Waals surface area contributed by atoms with Gasteiger partial charge in [-0.15, -0.1) is 0 Å². The molecule has 3 aromatic carbocycles. The van der Waals surface area contributed by atoms with Gasteiger partial charge in [-0.1, -0.05) is 12.1 Å². The first-order valence-electron chi connectivity index (χ1n) is 11.4. The molecule has 1 N–H and O–H groups in total. The van der Waals surface area contributed by atoms with Gasteiger partial charge in [0.25, 0.3) is 0 Å². The van der Waals surface area contributed by atoms with Crippen molar-refractivity contribution in [3.8, 4) is 17.2 Å². The maximum Gasteiger partial charge on any atom is 1.00 e. The molecule has 0 saturated heterocycles. The smallest absolute Gasteiger partial charge is 0.545 e. The molecule has 0 aliphatic heterocycles. The summed E-state index contributed by atoms with van der Waals surface area (Å²) in [7, 11) is 4.43. The summed E-state index contributed by atoms with van der Waals surface area (Å²) in [5, 5.41) is 15.2. The number of allylic oxidation sites excluding steroid dienone is 1. The average molecular weight is 542 g/mol. The number of ether oxygens (including phenoxy) is 3. The molecule has 3 aromatic rings. The van der Waals surface area contributed by atoms with Crippen LogP contribution in [-0.2, 0) is 16.0 Å². The van der Waals surface area contributed by atoms with Gasteiger partial charge in [-0.3, -0.25) is 9.59 Å². The molecule has 192 valence electrons. The van der Waals surface area contributed by atoms with Crippen LogP contribution in [-0.4, -0.2) is 39.0 Å². The Labute approximate surface area is 264 Å². The molecule has 0 bridgehead atoms. The van der Waals surface area contributed by atoms with Gasteiger partial charge in [0.1, 0.15) is 17.2 Å². The van der Waals surface area contributed by atoms with E-state index in [9.17, 15) is 19.5 Å². The van der Waals surface area contributed by atoms with Crippen LogP contribution in [0.4, 0.5) is 5.69 Å². The van der Waals surface area contributed by atoms with Crippen molar-refractivity contribution in [2.75, 3.05) is 26.6 Å². The fourth-order valence-electron chi connectivity index (χ4n) is 3.96. The molecule has 0 spiro atoms. The van der Waals surface area contributed by atoms with E-state index in [-0.39, 0.29) is 80.4 Å². The predicted octanol–water partition coefficient (Wildman–Crippen LogP) is 0.612. The fraction of sp³-hybridized carbons (Fsp3) is 0.207. The maximum absolute atomic E-state index is 13.8. The molecule has 0 heterocycles. The number of anilines is 1. The second-order valence-corrected chi connectivity index (χ2v) is 8.31. The molecule has 0 saturated carbocycles. The number of carboxylic acids is 1. The number of rotatable bonds is 10. The Balaban J connectivity index is 0.00000507. The molecule has 0 radical (unpaired) electrons.